The molecule has 0 radical (unpaired) electrons. The average molecular weight is 969 g/mol. The number of thiazole rings is 2. The molecule has 10 nitrogen and oxygen atoms in total. The van der Waals surface area contributed by atoms with Crippen LogP contribution in [0.3, 0.4) is 0 Å². The summed E-state index contributed by atoms with van der Waals surface area (Å²) in [6, 6.07) is 37.3. The minimum atomic E-state index is -4.60. The van der Waals surface area contributed by atoms with Gasteiger partial charge in [-0.1, -0.05) is 120 Å². The Morgan fingerprint density at radius 2 is 0.862 bits per heavy atom. The highest BCUT2D eigenvalue weighted by atomic mass is 35.5. The van der Waals surface area contributed by atoms with Crippen LogP contribution in [0.25, 0.3) is 42.0 Å². The van der Waals surface area contributed by atoms with Gasteiger partial charge in [0.2, 0.25) is 0 Å². The van der Waals surface area contributed by atoms with E-state index in [4.69, 9.17) is 32.5 Å². The summed E-state index contributed by atoms with van der Waals surface area (Å²) >= 11 is 11.6. The molecule has 12 rings (SSSR count). The Morgan fingerprint density at radius 1 is 0.508 bits per heavy atom. The van der Waals surface area contributed by atoms with Crippen molar-refractivity contribution in [3.8, 4) is 0 Å². The summed E-state index contributed by atoms with van der Waals surface area (Å²) in [4.78, 5) is 4.95. The monoisotopic (exact) mass is 968 g/mol. The Morgan fingerprint density at radius 3 is 1.28 bits per heavy atom. The van der Waals surface area contributed by atoms with Gasteiger partial charge >= 0.3 is 39.8 Å². The molecule has 0 amide bonds. The fourth-order valence-corrected chi connectivity index (χ4v) is 10.4. The number of halogens is 10. The molecular formula is C39H26B4Cl2F8N8O2S2. The maximum atomic E-state index is 15.1. The molecule has 2 N–H and O–H groups in total. The molecule has 0 saturated heterocycles. The van der Waals surface area contributed by atoms with Crippen molar-refractivity contribution in [3.05, 3.63) is 143 Å². The first-order valence-corrected chi connectivity index (χ1v) is 22.3. The molecule has 8 aromatic rings. The van der Waals surface area contributed by atoms with Crippen molar-refractivity contribution in [3.63, 3.8) is 0 Å². The van der Waals surface area contributed by atoms with E-state index in [1.807, 2.05) is 9.81 Å². The Kier molecular flexibility index (Phi) is 10.3. The molecule has 0 saturated carbocycles. The van der Waals surface area contributed by atoms with E-state index >= 15 is 17.3 Å². The van der Waals surface area contributed by atoms with Crippen molar-refractivity contribution in [2.75, 3.05) is 15.2 Å². The van der Waals surface area contributed by atoms with Crippen LogP contribution in [0, 0.1) is 0 Å². The zero-order valence-corrected chi connectivity index (χ0v) is 36.0. The third-order valence-electron chi connectivity index (χ3n) is 10.7. The SMILES string of the molecule is ClCCl.F[B-]1(F)[NH+]=C2O[B-](F)(F)[n+]3c(sc4ccccc43)C2=NN1c1cccc2ccccc12.F[B-]1(F)[NH+]=C2O[B-](F)(F)[n+]3c(sc4ccccc43)C2=NN1c1cccc2ccccc12. The third kappa shape index (κ3) is 7.22. The quantitative estimate of drug-likeness (QED) is 0.114. The number of hydrogen-bond donors (Lipinski definition) is 2. The number of benzene rings is 6. The number of anilines is 2. The predicted octanol–water partition coefficient (Wildman–Crippen LogP) is 6.77. The second-order valence-corrected chi connectivity index (χ2v) is 17.6. The van der Waals surface area contributed by atoms with Crippen LogP contribution in [-0.2, 0) is 9.31 Å². The van der Waals surface area contributed by atoms with Crippen molar-refractivity contribution < 1.29 is 62.6 Å². The van der Waals surface area contributed by atoms with Crippen molar-refractivity contribution in [2.45, 2.75) is 0 Å². The molecule has 328 valence electrons. The molecule has 0 spiro atoms. The molecule has 0 atom stereocenters. The van der Waals surface area contributed by atoms with E-state index in [2.05, 4.69) is 10.2 Å². The second kappa shape index (κ2) is 15.7. The number of hydrogen-bond acceptors (Lipinski definition) is 8. The molecule has 2 aromatic heterocycles. The molecule has 4 aliphatic heterocycles. The first kappa shape index (κ1) is 42.7. The van der Waals surface area contributed by atoms with Crippen molar-refractivity contribution in [2.24, 2.45) is 10.2 Å². The molecule has 65 heavy (non-hydrogen) atoms. The number of nitrogens with zero attached hydrogens (tertiary/aromatic N) is 6. The number of hydrazone groups is 2. The summed E-state index contributed by atoms with van der Waals surface area (Å²) in [6.07, 6.45) is 0. The molecular weight excluding hydrogens is 943 g/mol. The highest BCUT2D eigenvalue weighted by Crippen LogP contribution is 2.35. The molecule has 26 heteroatoms. The smallest absolute Gasteiger partial charge is 0.552 e. The van der Waals surface area contributed by atoms with E-state index in [0.717, 1.165) is 42.4 Å². The number of para-hydroxylation sites is 2. The first-order chi connectivity index (χ1) is 31.1. The normalized spacial score (nSPS) is 18.2. The highest BCUT2D eigenvalue weighted by molar-refractivity contribution is 7.21. The van der Waals surface area contributed by atoms with Gasteiger partial charge in [0.1, 0.15) is 9.40 Å². The van der Waals surface area contributed by atoms with E-state index < -0.39 is 39.8 Å². The molecule has 0 bridgehead atoms. The largest absolute Gasteiger partial charge is 0.838 e. The second-order valence-electron chi connectivity index (χ2n) is 14.7. The predicted molar refractivity (Wildman–Crippen MR) is 243 cm³/mol. The standard InChI is InChI=1S/2C19H12B2F4N4OS.CH2Cl2/c2*22-20(23)26-18-17(27-29(20)14-10-5-7-12-6-1-2-8-13(12)14)19-28(21(24,25)30-18)15-9-3-4-11-16(15)31-19;2-1-3/h2*1-11,26H;1H2. The lowest BCUT2D eigenvalue weighted by atomic mass is 9.93. The topological polar surface area (TPSA) is 85.4 Å². The number of rotatable bonds is 2. The van der Waals surface area contributed by atoms with Crippen LogP contribution < -0.4 is 28.6 Å². The summed E-state index contributed by atoms with van der Waals surface area (Å²) in [6.45, 7) is -9.11. The average Bonchev–Trinajstić information content (AvgIpc) is 3.87. The van der Waals surface area contributed by atoms with Crippen LogP contribution in [-0.4, -0.2) is 56.6 Å². The van der Waals surface area contributed by atoms with Gasteiger partial charge in [-0.15, -0.1) is 23.2 Å². The fourth-order valence-electron chi connectivity index (χ4n) is 8.08. The summed E-state index contributed by atoms with van der Waals surface area (Å²) in [5.41, 5.74) is 0.669. The summed E-state index contributed by atoms with van der Waals surface area (Å²) in [7, 11) is -9.21. The first-order valence-electron chi connectivity index (χ1n) is 19.6. The van der Waals surface area contributed by atoms with Gasteiger partial charge < -0.3 is 63.5 Å². The summed E-state index contributed by atoms with van der Waals surface area (Å²) in [5, 5.41) is 11.2. The number of alkyl halides is 2. The molecule has 6 aromatic carbocycles. The Labute approximate surface area is 380 Å². The molecule has 0 unspecified atom stereocenters. The molecule has 6 heterocycles. The van der Waals surface area contributed by atoms with Gasteiger partial charge in [-0.05, 0) is 35.0 Å². The van der Waals surface area contributed by atoms with E-state index in [-0.39, 0.29) is 49.2 Å². The zero-order chi connectivity index (χ0) is 45.5. The summed E-state index contributed by atoms with van der Waals surface area (Å²) in [5.74, 6) is -1.42. The van der Waals surface area contributed by atoms with Crippen molar-refractivity contribution in [1.82, 2.24) is 0 Å². The third-order valence-corrected chi connectivity index (χ3v) is 13.0. The molecule has 0 fully saturated rings. The molecule has 4 aliphatic rings. The van der Waals surface area contributed by atoms with Gasteiger partial charge in [0.05, 0.1) is 5.34 Å². The Balaban J connectivity index is 0.000000145. The lowest BCUT2D eigenvalue weighted by Crippen LogP contribution is -2.97. The maximum absolute atomic E-state index is 15.1. The van der Waals surface area contributed by atoms with E-state index in [1.165, 1.54) is 24.3 Å². The van der Waals surface area contributed by atoms with E-state index in [0.29, 0.717) is 30.0 Å². The minimum Gasteiger partial charge on any atom is -0.552 e. The fraction of sp³-hybridized carbons (Fsp3) is 0.0256. The minimum absolute atomic E-state index is 0.0523. The van der Waals surface area contributed by atoms with Gasteiger partial charge in [-0.3, -0.25) is 8.96 Å². The zero-order valence-electron chi connectivity index (χ0n) is 32.8. The van der Waals surface area contributed by atoms with Crippen LogP contribution >= 0.6 is 45.9 Å². The van der Waals surface area contributed by atoms with E-state index in [9.17, 15) is 17.3 Å². The number of aromatic nitrogens is 2. The maximum Gasteiger partial charge on any atom is 0.838 e. The van der Waals surface area contributed by atoms with Crippen molar-refractivity contribution in [1.29, 1.82) is 0 Å². The molecule has 0 aliphatic carbocycles. The van der Waals surface area contributed by atoms with Crippen LogP contribution in [0.4, 0.5) is 45.9 Å². The van der Waals surface area contributed by atoms with Gasteiger partial charge in [-0.25, -0.2) is 0 Å². The van der Waals surface area contributed by atoms with Crippen LogP contribution in [0.15, 0.2) is 144 Å². The van der Waals surface area contributed by atoms with Gasteiger partial charge in [-0.2, -0.15) is 10.2 Å². The van der Waals surface area contributed by atoms with Gasteiger partial charge in [0, 0.05) is 34.3 Å². The van der Waals surface area contributed by atoms with Crippen LogP contribution in [0.2, 0.25) is 0 Å². The van der Waals surface area contributed by atoms with E-state index in [1.54, 1.807) is 109 Å². The lowest BCUT2D eigenvalue weighted by Gasteiger charge is -2.35. The van der Waals surface area contributed by atoms with Crippen LogP contribution in [0.5, 0.6) is 0 Å². The number of nitrogens with one attached hydrogen (secondary N) is 2. The van der Waals surface area contributed by atoms with Gasteiger partial charge in [0.15, 0.2) is 11.0 Å². The lowest BCUT2D eigenvalue weighted by molar-refractivity contribution is -0.553. The summed E-state index contributed by atoms with van der Waals surface area (Å²) < 4.78 is 132. The van der Waals surface area contributed by atoms with Crippen LogP contribution in [0.1, 0.15) is 10.0 Å². The highest BCUT2D eigenvalue weighted by Gasteiger charge is 2.62. The number of fused-ring (bicyclic) bond motifs is 12. The van der Waals surface area contributed by atoms with Crippen molar-refractivity contribution >= 4 is 150 Å². The Bertz CT molecular complexity index is 3150. The Hall–Kier alpha value is -6.22. The van der Waals surface area contributed by atoms with Gasteiger partial charge in [0.25, 0.3) is 21.4 Å².